The minimum atomic E-state index is -3.90. The number of benzene rings is 4. The van der Waals surface area contributed by atoms with Crippen LogP contribution in [0.3, 0.4) is 0 Å². The number of nitrogens with zero attached hydrogens (tertiary/aromatic N) is 3. The number of hydrogen-bond acceptors (Lipinski definition) is 6. The van der Waals surface area contributed by atoms with Crippen molar-refractivity contribution in [2.45, 2.75) is 23.6 Å². The monoisotopic (exact) mass is 619 g/mol. The molecule has 1 heterocycles. The predicted octanol–water partition coefficient (Wildman–Crippen LogP) is 5.53. The fourth-order valence-electron chi connectivity index (χ4n) is 4.27. The van der Waals surface area contributed by atoms with Crippen LogP contribution in [0.5, 0.6) is 0 Å². The van der Waals surface area contributed by atoms with Crippen molar-refractivity contribution in [3.8, 4) is 5.69 Å². The second-order valence-electron chi connectivity index (χ2n) is 9.45. The van der Waals surface area contributed by atoms with Crippen LogP contribution in [0, 0.1) is 13.8 Å². The predicted molar refractivity (Wildman–Crippen MR) is 166 cm³/mol. The van der Waals surface area contributed by atoms with E-state index in [0.717, 1.165) is 16.8 Å². The molecule has 0 aliphatic rings. The molecule has 0 atom stereocenters. The van der Waals surface area contributed by atoms with Gasteiger partial charge in [0.25, 0.3) is 20.0 Å². The summed E-state index contributed by atoms with van der Waals surface area (Å²) in [6.07, 6.45) is 2.74. The van der Waals surface area contributed by atoms with Gasteiger partial charge in [0.15, 0.2) is 0 Å². The average Bonchev–Trinajstić information content (AvgIpc) is 3.25. The molecule has 0 aliphatic heterocycles. The van der Waals surface area contributed by atoms with Crippen LogP contribution in [0.1, 0.15) is 22.3 Å². The molecule has 4 aromatic carbocycles. The molecule has 0 fully saturated rings. The third kappa shape index (κ3) is 6.08. The van der Waals surface area contributed by atoms with Crippen molar-refractivity contribution in [3.05, 3.63) is 124 Å². The Morgan fingerprint density at radius 2 is 1.19 bits per heavy atom. The number of fused-ring (bicyclic) bond motifs is 1. The van der Waals surface area contributed by atoms with Crippen LogP contribution in [0.2, 0.25) is 5.15 Å². The van der Waals surface area contributed by atoms with Crippen molar-refractivity contribution in [2.24, 2.45) is 10.2 Å². The van der Waals surface area contributed by atoms with E-state index in [2.05, 4.69) is 19.9 Å². The van der Waals surface area contributed by atoms with Crippen LogP contribution in [-0.2, 0) is 20.0 Å². The lowest BCUT2D eigenvalue weighted by molar-refractivity contribution is 0.583. The van der Waals surface area contributed by atoms with Crippen LogP contribution in [0.4, 0.5) is 0 Å². The maximum atomic E-state index is 12.7. The number of sulfonamides is 2. The highest BCUT2D eigenvalue weighted by atomic mass is 35.5. The number of hydrogen-bond donors (Lipinski definition) is 2. The van der Waals surface area contributed by atoms with E-state index in [1.165, 1.54) is 36.7 Å². The maximum absolute atomic E-state index is 12.7. The van der Waals surface area contributed by atoms with Gasteiger partial charge in [-0.1, -0.05) is 83.4 Å². The molecule has 12 heteroatoms. The molecule has 1 aromatic heterocycles. The first-order chi connectivity index (χ1) is 20.1. The maximum Gasteiger partial charge on any atom is 0.276 e. The Balaban J connectivity index is 1.53. The summed E-state index contributed by atoms with van der Waals surface area (Å²) in [6, 6.07) is 27.5. The fraction of sp³-hybridized carbons (Fsp3) is 0.0667. The molecule has 0 saturated heterocycles. The Morgan fingerprint density at radius 1 is 0.667 bits per heavy atom. The van der Waals surface area contributed by atoms with Crippen LogP contribution in [-0.4, -0.2) is 33.8 Å². The summed E-state index contributed by atoms with van der Waals surface area (Å²) in [5.41, 5.74) is 4.23. The van der Waals surface area contributed by atoms with Gasteiger partial charge in [-0.2, -0.15) is 27.0 Å². The topological polar surface area (TPSA) is 122 Å². The molecule has 5 aromatic rings. The number of halogens is 1. The summed E-state index contributed by atoms with van der Waals surface area (Å²) in [5, 5.41) is 8.95. The summed E-state index contributed by atoms with van der Waals surface area (Å²) in [5.74, 6) is 0. The number of aromatic nitrogens is 1. The van der Waals surface area contributed by atoms with Gasteiger partial charge in [-0.25, -0.2) is 9.66 Å². The third-order valence-corrected chi connectivity index (χ3v) is 9.27. The highest BCUT2D eigenvalue weighted by Crippen LogP contribution is 2.34. The molecular formula is C30H26ClN5O4S2. The molecule has 5 rings (SSSR count). The Labute approximate surface area is 249 Å². The van der Waals surface area contributed by atoms with Gasteiger partial charge < -0.3 is 0 Å². The lowest BCUT2D eigenvalue weighted by atomic mass is 10.1. The number of aryl methyl sites for hydroxylation is 2. The van der Waals surface area contributed by atoms with Crippen LogP contribution >= 0.6 is 11.6 Å². The molecule has 0 saturated carbocycles. The molecule has 2 N–H and O–H groups in total. The van der Waals surface area contributed by atoms with Gasteiger partial charge in [0.1, 0.15) is 5.15 Å². The Kier molecular flexibility index (Phi) is 8.17. The smallest absolute Gasteiger partial charge is 0.276 e. The van der Waals surface area contributed by atoms with Gasteiger partial charge in [-0.3, -0.25) is 4.57 Å². The van der Waals surface area contributed by atoms with Crippen LogP contribution < -0.4 is 9.66 Å². The Hall–Kier alpha value is -4.45. The van der Waals surface area contributed by atoms with Crippen molar-refractivity contribution in [3.63, 3.8) is 0 Å². The average molecular weight is 620 g/mol. The standard InChI is InChI=1S/C30H26ClN5O4S2/c1-21-11-15-25(16-12-21)41(37,38)34-32-19-23-7-6-10-27-28(30(31)36(29(23)27)24-8-4-3-5-9-24)20-33-35-42(39,40)26-17-13-22(2)14-18-26/h3-20,34-35H,1-2H3/b32-19+,33-20+. The molecule has 0 radical (unpaired) electrons. The van der Waals surface area contributed by atoms with Gasteiger partial charge in [0, 0.05) is 22.2 Å². The molecule has 0 bridgehead atoms. The van der Waals surface area contributed by atoms with Crippen molar-refractivity contribution in [1.29, 1.82) is 0 Å². The minimum Gasteiger partial charge on any atom is -0.299 e. The van der Waals surface area contributed by atoms with E-state index in [1.54, 1.807) is 41.0 Å². The van der Waals surface area contributed by atoms with Crippen molar-refractivity contribution < 1.29 is 16.8 Å². The quantitative estimate of drug-likeness (QED) is 0.166. The number of hydrazone groups is 2. The van der Waals surface area contributed by atoms with Gasteiger partial charge in [-0.15, -0.1) is 0 Å². The lowest BCUT2D eigenvalue weighted by Gasteiger charge is -2.09. The van der Waals surface area contributed by atoms with Crippen molar-refractivity contribution >= 4 is 55.0 Å². The molecular weight excluding hydrogens is 594 g/mol. The first kappa shape index (κ1) is 29.1. The Bertz CT molecular complexity index is 2020. The van der Waals surface area contributed by atoms with E-state index in [1.807, 2.05) is 50.2 Å². The zero-order chi connectivity index (χ0) is 29.9. The van der Waals surface area contributed by atoms with Gasteiger partial charge in [0.2, 0.25) is 0 Å². The SMILES string of the molecule is Cc1ccc(S(=O)(=O)N/N=C/c2c(Cl)n(-c3ccccc3)c3c(/C=N/NS(=O)(=O)c4ccc(C)cc4)cccc23)cc1. The van der Waals surface area contributed by atoms with E-state index in [4.69, 9.17) is 11.6 Å². The van der Waals surface area contributed by atoms with E-state index >= 15 is 0 Å². The second kappa shape index (κ2) is 11.8. The third-order valence-electron chi connectivity index (χ3n) is 6.42. The summed E-state index contributed by atoms with van der Waals surface area (Å²) < 4.78 is 52.7. The lowest BCUT2D eigenvalue weighted by Crippen LogP contribution is -2.18. The van der Waals surface area contributed by atoms with Crippen molar-refractivity contribution in [2.75, 3.05) is 0 Å². The van der Waals surface area contributed by atoms with Gasteiger partial charge in [-0.05, 0) is 50.2 Å². The van der Waals surface area contributed by atoms with Crippen LogP contribution in [0.25, 0.3) is 16.6 Å². The highest BCUT2D eigenvalue weighted by Gasteiger charge is 2.19. The molecule has 0 unspecified atom stereocenters. The molecule has 42 heavy (non-hydrogen) atoms. The Morgan fingerprint density at radius 3 is 1.74 bits per heavy atom. The minimum absolute atomic E-state index is 0.0784. The normalized spacial score (nSPS) is 12.4. The highest BCUT2D eigenvalue weighted by molar-refractivity contribution is 7.89. The number of nitrogens with one attached hydrogen (secondary N) is 2. The first-order valence-corrected chi connectivity index (χ1v) is 16.0. The van der Waals surface area contributed by atoms with E-state index < -0.39 is 20.0 Å². The second-order valence-corrected chi connectivity index (χ2v) is 13.1. The molecule has 214 valence electrons. The molecule has 9 nitrogen and oxygen atoms in total. The van der Waals surface area contributed by atoms with E-state index in [0.29, 0.717) is 22.0 Å². The number of rotatable bonds is 9. The van der Waals surface area contributed by atoms with Gasteiger partial charge >= 0.3 is 0 Å². The first-order valence-electron chi connectivity index (χ1n) is 12.7. The largest absolute Gasteiger partial charge is 0.299 e. The summed E-state index contributed by atoms with van der Waals surface area (Å²) >= 11 is 6.88. The summed E-state index contributed by atoms with van der Waals surface area (Å²) in [4.78, 5) is 4.66. The number of para-hydroxylation sites is 2. The zero-order valence-electron chi connectivity index (χ0n) is 22.6. The van der Waals surface area contributed by atoms with E-state index in [-0.39, 0.29) is 14.9 Å². The van der Waals surface area contributed by atoms with E-state index in [9.17, 15) is 16.8 Å². The zero-order valence-corrected chi connectivity index (χ0v) is 25.0. The fourth-order valence-corrected chi connectivity index (χ4v) is 6.19. The molecule has 0 aliphatic carbocycles. The molecule has 0 spiro atoms. The van der Waals surface area contributed by atoms with Gasteiger partial charge in [0.05, 0.1) is 27.7 Å². The summed E-state index contributed by atoms with van der Waals surface area (Å²) in [6.45, 7) is 3.73. The van der Waals surface area contributed by atoms with Crippen LogP contribution in [0.15, 0.2) is 117 Å². The van der Waals surface area contributed by atoms with Crippen molar-refractivity contribution in [1.82, 2.24) is 14.2 Å². The molecule has 0 amide bonds. The summed E-state index contributed by atoms with van der Waals surface area (Å²) in [7, 11) is -7.79.